The van der Waals surface area contributed by atoms with Crippen molar-refractivity contribution >= 4 is 31.7 Å². The van der Waals surface area contributed by atoms with E-state index in [1.165, 1.54) is 34.6 Å². The predicted molar refractivity (Wildman–Crippen MR) is 112 cm³/mol. The van der Waals surface area contributed by atoms with E-state index in [4.69, 9.17) is 9.84 Å². The third-order valence-corrected chi connectivity index (χ3v) is 7.70. The molecule has 2 N–H and O–H groups in total. The van der Waals surface area contributed by atoms with Crippen molar-refractivity contribution in [3.05, 3.63) is 48.0 Å². The minimum atomic E-state index is -4.07. The van der Waals surface area contributed by atoms with Crippen LogP contribution in [0.2, 0.25) is 0 Å². The Labute approximate surface area is 176 Å². The number of nitrogens with zero attached hydrogens (tertiary/aromatic N) is 1. The molecule has 0 aromatic heterocycles. The molecule has 0 atom stereocenters. The van der Waals surface area contributed by atoms with Gasteiger partial charge in [-0.25, -0.2) is 21.6 Å². The highest BCUT2D eigenvalue weighted by Crippen LogP contribution is 2.31. The number of ether oxygens (including phenoxy) is 1. The van der Waals surface area contributed by atoms with E-state index in [1.54, 1.807) is 20.8 Å². The average Bonchev–Trinajstić information content (AvgIpc) is 2.69. The van der Waals surface area contributed by atoms with Crippen molar-refractivity contribution < 1.29 is 31.5 Å². The maximum Gasteiger partial charge on any atom is 0.335 e. The van der Waals surface area contributed by atoms with Crippen molar-refractivity contribution in [3.63, 3.8) is 0 Å². The Bertz CT molecular complexity index is 1110. The number of rotatable bonds is 10. The third-order valence-electron chi connectivity index (χ3n) is 4.23. The van der Waals surface area contributed by atoms with Crippen molar-refractivity contribution in [2.75, 3.05) is 24.4 Å². The zero-order valence-corrected chi connectivity index (χ0v) is 18.5. The molecule has 0 aliphatic rings. The summed E-state index contributed by atoms with van der Waals surface area (Å²) in [6.45, 7) is 5.85. The maximum atomic E-state index is 13.0. The number of carboxylic acids is 1. The molecule has 0 bridgehead atoms. The molecular formula is C19H24N2O7S2. The SMILES string of the molecule is CCOc1ccc(NS(=O)(=O)c2ccc(C(=O)O)cc2)cc1S(=O)(=O)N(CC)CC. The maximum absolute atomic E-state index is 13.0. The quantitative estimate of drug-likeness (QED) is 0.562. The van der Waals surface area contributed by atoms with Crippen molar-refractivity contribution in [1.29, 1.82) is 0 Å². The Balaban J connectivity index is 2.46. The topological polar surface area (TPSA) is 130 Å². The highest BCUT2D eigenvalue weighted by Gasteiger charge is 2.27. The second-order valence-corrected chi connectivity index (χ2v) is 9.71. The summed E-state index contributed by atoms with van der Waals surface area (Å²) in [5.74, 6) is -1.05. The molecule has 0 heterocycles. The fourth-order valence-corrected chi connectivity index (χ4v) is 5.41. The number of sulfonamides is 2. The molecule has 0 fully saturated rings. The van der Waals surface area contributed by atoms with E-state index >= 15 is 0 Å². The number of aromatic carboxylic acids is 1. The Kier molecular flexibility index (Phi) is 7.45. The summed E-state index contributed by atoms with van der Waals surface area (Å²) in [4.78, 5) is 10.6. The van der Waals surface area contributed by atoms with Crippen LogP contribution in [-0.2, 0) is 20.0 Å². The van der Waals surface area contributed by atoms with Crippen LogP contribution < -0.4 is 9.46 Å². The number of hydrogen-bond donors (Lipinski definition) is 2. The molecule has 0 amide bonds. The minimum Gasteiger partial charge on any atom is -0.492 e. The molecule has 0 spiro atoms. The van der Waals surface area contributed by atoms with Gasteiger partial charge in [-0.3, -0.25) is 4.72 Å². The molecule has 0 saturated carbocycles. The summed E-state index contributed by atoms with van der Waals surface area (Å²) in [7, 11) is -7.97. The first-order valence-electron chi connectivity index (χ1n) is 9.20. The zero-order chi connectivity index (χ0) is 22.5. The molecule has 0 aliphatic heterocycles. The van der Waals surface area contributed by atoms with Gasteiger partial charge in [-0.2, -0.15) is 4.31 Å². The van der Waals surface area contributed by atoms with Gasteiger partial charge in [-0.15, -0.1) is 0 Å². The number of anilines is 1. The highest BCUT2D eigenvalue weighted by molar-refractivity contribution is 7.92. The average molecular weight is 457 g/mol. The monoisotopic (exact) mass is 456 g/mol. The molecule has 30 heavy (non-hydrogen) atoms. The Morgan fingerprint density at radius 2 is 1.60 bits per heavy atom. The van der Waals surface area contributed by atoms with E-state index in [0.29, 0.717) is 0 Å². The first-order chi connectivity index (χ1) is 14.1. The standard InChI is InChI=1S/C19H24N2O7S2/c1-4-21(5-2)30(26,27)18-13-15(9-12-17(18)28-6-3)20-29(24,25)16-10-7-14(8-11-16)19(22)23/h7-13,20H,4-6H2,1-3H3,(H,22,23). The summed E-state index contributed by atoms with van der Waals surface area (Å²) >= 11 is 0. The smallest absolute Gasteiger partial charge is 0.335 e. The molecule has 9 nitrogen and oxygen atoms in total. The van der Waals surface area contributed by atoms with E-state index in [-0.39, 0.29) is 46.5 Å². The van der Waals surface area contributed by atoms with Crippen molar-refractivity contribution in [3.8, 4) is 5.75 Å². The lowest BCUT2D eigenvalue weighted by atomic mass is 10.2. The molecule has 164 valence electrons. The summed E-state index contributed by atoms with van der Waals surface area (Å²) in [5, 5.41) is 8.94. The van der Waals surface area contributed by atoms with Gasteiger partial charge in [-0.05, 0) is 49.4 Å². The third kappa shape index (κ3) is 5.10. The Hall–Kier alpha value is -2.63. The van der Waals surface area contributed by atoms with Gasteiger partial charge in [0, 0.05) is 13.1 Å². The van der Waals surface area contributed by atoms with Gasteiger partial charge in [0.2, 0.25) is 10.0 Å². The first-order valence-corrected chi connectivity index (χ1v) is 12.1. The second-order valence-electron chi connectivity index (χ2n) is 6.12. The molecule has 0 aliphatic carbocycles. The summed E-state index contributed by atoms with van der Waals surface area (Å²) in [6.07, 6.45) is 0. The second kappa shape index (κ2) is 9.45. The van der Waals surface area contributed by atoms with Crippen LogP contribution in [0.1, 0.15) is 31.1 Å². The molecular weight excluding hydrogens is 432 g/mol. The van der Waals surface area contributed by atoms with Crippen LogP contribution in [-0.4, -0.2) is 51.9 Å². The summed E-state index contributed by atoms with van der Waals surface area (Å²) in [5.41, 5.74) is -0.0193. The van der Waals surface area contributed by atoms with Gasteiger partial charge in [0.05, 0.1) is 22.8 Å². The fourth-order valence-electron chi connectivity index (χ4n) is 2.74. The van der Waals surface area contributed by atoms with Crippen LogP contribution in [0.3, 0.4) is 0 Å². The number of nitrogens with one attached hydrogen (secondary N) is 1. The van der Waals surface area contributed by atoms with Crippen LogP contribution in [0, 0.1) is 0 Å². The molecule has 2 aromatic rings. The van der Waals surface area contributed by atoms with Gasteiger partial charge in [0.15, 0.2) is 0 Å². The van der Waals surface area contributed by atoms with E-state index in [1.807, 2.05) is 0 Å². The van der Waals surface area contributed by atoms with Gasteiger partial charge in [0.1, 0.15) is 10.6 Å². The molecule has 0 saturated heterocycles. The van der Waals surface area contributed by atoms with Crippen LogP contribution >= 0.6 is 0 Å². The van der Waals surface area contributed by atoms with E-state index < -0.39 is 26.0 Å². The Morgan fingerprint density at radius 3 is 2.10 bits per heavy atom. The normalized spacial score (nSPS) is 12.0. The van der Waals surface area contributed by atoms with E-state index in [9.17, 15) is 21.6 Å². The van der Waals surface area contributed by atoms with Crippen LogP contribution in [0.4, 0.5) is 5.69 Å². The van der Waals surface area contributed by atoms with Gasteiger partial charge >= 0.3 is 5.97 Å². The van der Waals surface area contributed by atoms with Crippen molar-refractivity contribution in [2.45, 2.75) is 30.6 Å². The van der Waals surface area contributed by atoms with E-state index in [0.717, 1.165) is 12.1 Å². The Morgan fingerprint density at radius 1 is 1.00 bits per heavy atom. The van der Waals surface area contributed by atoms with Gasteiger partial charge in [0.25, 0.3) is 10.0 Å². The molecule has 2 rings (SSSR count). The van der Waals surface area contributed by atoms with Crippen LogP contribution in [0.15, 0.2) is 52.3 Å². The van der Waals surface area contributed by atoms with Crippen LogP contribution in [0.25, 0.3) is 0 Å². The van der Waals surface area contributed by atoms with Crippen LogP contribution in [0.5, 0.6) is 5.75 Å². The first kappa shape index (κ1) is 23.6. The largest absolute Gasteiger partial charge is 0.492 e. The summed E-state index contributed by atoms with van der Waals surface area (Å²) in [6, 6.07) is 8.67. The van der Waals surface area contributed by atoms with Gasteiger partial charge in [-0.1, -0.05) is 13.8 Å². The molecule has 2 aromatic carbocycles. The lowest BCUT2D eigenvalue weighted by molar-refractivity contribution is 0.0696. The van der Waals surface area contributed by atoms with Gasteiger partial charge < -0.3 is 9.84 Å². The van der Waals surface area contributed by atoms with E-state index in [2.05, 4.69) is 4.72 Å². The highest BCUT2D eigenvalue weighted by atomic mass is 32.2. The van der Waals surface area contributed by atoms with Crippen molar-refractivity contribution in [2.24, 2.45) is 0 Å². The fraction of sp³-hybridized carbons (Fsp3) is 0.316. The number of carboxylic acid groups (broad SMARTS) is 1. The molecule has 0 unspecified atom stereocenters. The predicted octanol–water partition coefficient (Wildman–Crippen LogP) is 2.61. The lowest BCUT2D eigenvalue weighted by Crippen LogP contribution is -2.31. The number of carbonyl (C=O) groups is 1. The number of hydrogen-bond acceptors (Lipinski definition) is 6. The molecule has 0 radical (unpaired) electrons. The minimum absolute atomic E-state index is 0.0338. The lowest BCUT2D eigenvalue weighted by Gasteiger charge is -2.21. The summed E-state index contributed by atoms with van der Waals surface area (Å²) < 4.78 is 60.3. The zero-order valence-electron chi connectivity index (χ0n) is 16.8. The van der Waals surface area contributed by atoms with Crippen molar-refractivity contribution in [1.82, 2.24) is 4.31 Å². The number of benzene rings is 2. The molecule has 11 heteroatoms.